The summed E-state index contributed by atoms with van der Waals surface area (Å²) in [6.45, 7) is 5.69. The van der Waals surface area contributed by atoms with E-state index in [0.29, 0.717) is 31.1 Å². The molecule has 2 aromatic carbocycles. The Bertz CT molecular complexity index is 808. The van der Waals surface area contributed by atoms with Crippen molar-refractivity contribution in [3.05, 3.63) is 65.2 Å². The Kier molecular flexibility index (Phi) is 8.27. The highest BCUT2D eigenvalue weighted by molar-refractivity contribution is 5.98. The molecule has 1 aliphatic heterocycles. The molecule has 4 nitrogen and oxygen atoms in total. The molecular weight excluding hydrogens is 384 g/mol. The molecule has 1 saturated heterocycles. The van der Waals surface area contributed by atoms with Gasteiger partial charge in [-0.25, -0.2) is 0 Å². The molecule has 29 heavy (non-hydrogen) atoms. The zero-order valence-corrected chi connectivity index (χ0v) is 18.1. The predicted octanol–water partition coefficient (Wildman–Crippen LogP) is 4.55. The van der Waals surface area contributed by atoms with E-state index >= 15 is 0 Å². The van der Waals surface area contributed by atoms with Crippen LogP contribution in [0, 0.1) is 11.8 Å². The zero-order chi connectivity index (χ0) is 20.1. The quantitative estimate of drug-likeness (QED) is 0.557. The van der Waals surface area contributed by atoms with Crippen LogP contribution in [0.4, 0.5) is 5.69 Å². The summed E-state index contributed by atoms with van der Waals surface area (Å²) in [4.78, 5) is 27.2. The fourth-order valence-corrected chi connectivity index (χ4v) is 3.83. The van der Waals surface area contributed by atoms with E-state index in [1.54, 1.807) is 0 Å². The number of Topliss-reactive ketones (excluding diaryl/α,β-unsaturated/α-hetero) is 1. The predicted molar refractivity (Wildman–Crippen MR) is 120 cm³/mol. The first-order valence-electron chi connectivity index (χ1n) is 10.2. The Morgan fingerprint density at radius 3 is 2.07 bits per heavy atom. The molecule has 0 radical (unpaired) electrons. The summed E-state index contributed by atoms with van der Waals surface area (Å²) in [6, 6.07) is 15.5. The molecule has 1 heterocycles. The van der Waals surface area contributed by atoms with Gasteiger partial charge in [-0.1, -0.05) is 50.2 Å². The van der Waals surface area contributed by atoms with Gasteiger partial charge in [-0.2, -0.15) is 0 Å². The molecule has 5 heteroatoms. The minimum absolute atomic E-state index is 0. The monoisotopic (exact) mass is 414 g/mol. The van der Waals surface area contributed by atoms with Crippen LogP contribution in [-0.2, 0) is 17.6 Å². The molecule has 2 aromatic rings. The zero-order valence-electron chi connectivity index (χ0n) is 17.3. The lowest BCUT2D eigenvalue weighted by molar-refractivity contribution is -0.131. The first-order chi connectivity index (χ1) is 13.4. The number of anilines is 1. The third-order valence-electron chi connectivity index (χ3n) is 5.44. The summed E-state index contributed by atoms with van der Waals surface area (Å²) in [5.74, 6) is 0.948. The highest BCUT2D eigenvalue weighted by Crippen LogP contribution is 2.23. The third kappa shape index (κ3) is 6.33. The van der Waals surface area contributed by atoms with Crippen LogP contribution < -0.4 is 5.73 Å². The average Bonchev–Trinajstić information content (AvgIpc) is 2.69. The Morgan fingerprint density at radius 2 is 1.52 bits per heavy atom. The van der Waals surface area contributed by atoms with Crippen LogP contribution in [-0.4, -0.2) is 29.7 Å². The molecule has 1 fully saturated rings. The number of amides is 1. The van der Waals surface area contributed by atoms with Gasteiger partial charge in [0, 0.05) is 30.3 Å². The number of carbonyl (C=O) groups excluding carboxylic acids is 2. The molecule has 0 unspecified atom stereocenters. The van der Waals surface area contributed by atoms with Crippen LogP contribution in [0.15, 0.2) is 48.5 Å². The van der Waals surface area contributed by atoms with Gasteiger partial charge in [0.25, 0.3) is 0 Å². The minimum Gasteiger partial charge on any atom is -0.399 e. The summed E-state index contributed by atoms with van der Waals surface area (Å²) in [5.41, 5.74) is 9.43. The van der Waals surface area contributed by atoms with Gasteiger partial charge < -0.3 is 10.6 Å². The van der Waals surface area contributed by atoms with E-state index in [4.69, 9.17) is 5.73 Å². The minimum atomic E-state index is 0. The molecule has 0 bridgehead atoms. The standard InChI is InChI=1S/C24H30N2O2.ClH/c1-17(2)15-18-3-7-20(8-4-18)24(28)21-11-13-26(14-12-21)23(27)16-19-5-9-22(25)10-6-19;/h3-10,17,21H,11-16,25H2,1-2H3;1H. The summed E-state index contributed by atoms with van der Waals surface area (Å²) in [6.07, 6.45) is 2.89. The fourth-order valence-electron chi connectivity index (χ4n) is 3.83. The lowest BCUT2D eigenvalue weighted by atomic mass is 9.88. The van der Waals surface area contributed by atoms with Gasteiger partial charge in [-0.15, -0.1) is 12.4 Å². The molecule has 2 N–H and O–H groups in total. The summed E-state index contributed by atoms with van der Waals surface area (Å²) in [5, 5.41) is 0. The molecule has 0 saturated carbocycles. The van der Waals surface area contributed by atoms with E-state index in [9.17, 15) is 9.59 Å². The molecule has 0 atom stereocenters. The molecule has 1 aliphatic rings. The van der Waals surface area contributed by atoms with Gasteiger partial charge in [0.15, 0.2) is 5.78 Å². The number of piperidine rings is 1. The highest BCUT2D eigenvalue weighted by atomic mass is 35.5. The van der Waals surface area contributed by atoms with Crippen LogP contribution in [0.3, 0.4) is 0 Å². The third-order valence-corrected chi connectivity index (χ3v) is 5.44. The number of nitrogen functional groups attached to an aromatic ring is 1. The van der Waals surface area contributed by atoms with Crippen molar-refractivity contribution in [2.45, 2.75) is 39.5 Å². The van der Waals surface area contributed by atoms with Crippen LogP contribution in [0.25, 0.3) is 0 Å². The van der Waals surface area contributed by atoms with Crippen molar-refractivity contribution in [1.29, 1.82) is 0 Å². The van der Waals surface area contributed by atoms with E-state index < -0.39 is 0 Å². The van der Waals surface area contributed by atoms with E-state index in [2.05, 4.69) is 26.0 Å². The highest BCUT2D eigenvalue weighted by Gasteiger charge is 2.27. The Balaban J connectivity index is 0.00000300. The molecule has 156 valence electrons. The van der Waals surface area contributed by atoms with Gasteiger partial charge in [0.2, 0.25) is 5.91 Å². The van der Waals surface area contributed by atoms with E-state index in [1.165, 1.54) is 5.56 Å². The van der Waals surface area contributed by atoms with Crippen molar-refractivity contribution in [1.82, 2.24) is 4.90 Å². The molecule has 0 aromatic heterocycles. The van der Waals surface area contributed by atoms with Gasteiger partial charge in [-0.05, 0) is 48.4 Å². The summed E-state index contributed by atoms with van der Waals surface area (Å²) < 4.78 is 0. The fraction of sp³-hybridized carbons (Fsp3) is 0.417. The van der Waals surface area contributed by atoms with Gasteiger partial charge >= 0.3 is 0 Å². The van der Waals surface area contributed by atoms with Crippen molar-refractivity contribution < 1.29 is 9.59 Å². The maximum atomic E-state index is 12.8. The number of likely N-dealkylation sites (tertiary alicyclic amines) is 1. The van der Waals surface area contributed by atoms with Gasteiger partial charge in [-0.3, -0.25) is 9.59 Å². The van der Waals surface area contributed by atoms with E-state index in [0.717, 1.165) is 30.4 Å². The molecular formula is C24H31ClN2O2. The first kappa shape index (κ1) is 23.0. The number of hydrogen-bond acceptors (Lipinski definition) is 3. The molecule has 3 rings (SSSR count). The Labute approximate surface area is 179 Å². The normalized spacial score (nSPS) is 14.5. The van der Waals surface area contributed by atoms with E-state index in [1.807, 2.05) is 41.3 Å². The number of nitrogens with two attached hydrogens (primary N) is 1. The smallest absolute Gasteiger partial charge is 0.226 e. The van der Waals surface area contributed by atoms with Crippen LogP contribution in [0.5, 0.6) is 0 Å². The number of benzene rings is 2. The average molecular weight is 415 g/mol. The number of rotatable bonds is 6. The molecule has 1 amide bonds. The van der Waals surface area contributed by atoms with Crippen LogP contribution in [0.1, 0.15) is 48.2 Å². The number of ketones is 1. The number of halogens is 1. The van der Waals surface area contributed by atoms with E-state index in [-0.39, 0.29) is 30.0 Å². The number of nitrogens with zero attached hydrogens (tertiary/aromatic N) is 1. The summed E-state index contributed by atoms with van der Waals surface area (Å²) >= 11 is 0. The first-order valence-corrected chi connectivity index (χ1v) is 10.2. The number of hydrogen-bond donors (Lipinski definition) is 1. The second kappa shape index (κ2) is 10.4. The summed E-state index contributed by atoms with van der Waals surface area (Å²) in [7, 11) is 0. The van der Waals surface area contributed by atoms with Crippen LogP contribution in [0.2, 0.25) is 0 Å². The molecule has 0 aliphatic carbocycles. The van der Waals surface area contributed by atoms with Crippen molar-refractivity contribution in [2.24, 2.45) is 11.8 Å². The van der Waals surface area contributed by atoms with Gasteiger partial charge in [0.1, 0.15) is 0 Å². The lowest BCUT2D eigenvalue weighted by Gasteiger charge is -2.31. The largest absolute Gasteiger partial charge is 0.399 e. The second-order valence-electron chi connectivity index (χ2n) is 8.23. The van der Waals surface area contributed by atoms with Crippen molar-refractivity contribution in [2.75, 3.05) is 18.8 Å². The topological polar surface area (TPSA) is 63.4 Å². The molecule has 0 spiro atoms. The lowest BCUT2D eigenvalue weighted by Crippen LogP contribution is -2.41. The van der Waals surface area contributed by atoms with Crippen molar-refractivity contribution >= 4 is 29.8 Å². The Morgan fingerprint density at radius 1 is 0.966 bits per heavy atom. The van der Waals surface area contributed by atoms with Crippen LogP contribution >= 0.6 is 12.4 Å². The van der Waals surface area contributed by atoms with Crippen molar-refractivity contribution in [3.8, 4) is 0 Å². The van der Waals surface area contributed by atoms with Gasteiger partial charge in [0.05, 0.1) is 6.42 Å². The second-order valence-corrected chi connectivity index (χ2v) is 8.23. The maximum Gasteiger partial charge on any atom is 0.226 e. The number of carbonyl (C=O) groups is 2. The SMILES string of the molecule is CC(C)Cc1ccc(C(=O)C2CCN(C(=O)Cc3ccc(N)cc3)CC2)cc1.Cl. The Hall–Kier alpha value is -2.33. The van der Waals surface area contributed by atoms with Crippen molar-refractivity contribution in [3.63, 3.8) is 0 Å². The maximum absolute atomic E-state index is 12.8.